The highest BCUT2D eigenvalue weighted by Gasteiger charge is 2.25. The Labute approximate surface area is 84.5 Å². The van der Waals surface area contributed by atoms with Crippen molar-refractivity contribution in [1.82, 2.24) is 0 Å². The van der Waals surface area contributed by atoms with E-state index in [1.54, 1.807) is 0 Å². The highest BCUT2D eigenvalue weighted by molar-refractivity contribution is 14.1. The summed E-state index contributed by atoms with van der Waals surface area (Å²) in [7, 11) is 0. The smallest absolute Gasteiger partial charge is 0.231 e. The predicted octanol–water partition coefficient (Wildman–Crippen LogP) is 2.35. The average Bonchev–Trinajstić information content (AvgIpc) is 2.31. The number of carbonyl (C=O) groups excluding carboxylic acids is 1. The Hall–Kier alpha value is -0.580. The number of anilines is 1. The Kier molecular flexibility index (Phi) is 1.83. The van der Waals surface area contributed by atoms with Crippen LogP contribution in [0.4, 0.5) is 5.69 Å². The zero-order valence-electron chi connectivity index (χ0n) is 6.60. The Morgan fingerprint density at radius 3 is 3.00 bits per heavy atom. The molecule has 0 radical (unpaired) electrons. The fourth-order valence-electron chi connectivity index (χ4n) is 1.39. The van der Waals surface area contributed by atoms with Crippen molar-refractivity contribution in [3.8, 4) is 0 Å². The molecule has 1 unspecified atom stereocenters. The fourth-order valence-corrected chi connectivity index (χ4v) is 1.90. The molecule has 2 nitrogen and oxygen atoms in total. The predicted molar refractivity (Wildman–Crippen MR) is 56.2 cm³/mol. The van der Waals surface area contributed by atoms with E-state index in [4.69, 9.17) is 0 Å². The highest BCUT2D eigenvalue weighted by Crippen LogP contribution is 2.32. The van der Waals surface area contributed by atoms with Crippen LogP contribution in [0.3, 0.4) is 0 Å². The maximum absolute atomic E-state index is 11.2. The van der Waals surface area contributed by atoms with Gasteiger partial charge in [0.15, 0.2) is 0 Å². The molecule has 0 spiro atoms. The molecule has 0 aliphatic carbocycles. The van der Waals surface area contributed by atoms with Crippen LogP contribution in [-0.2, 0) is 4.79 Å². The van der Waals surface area contributed by atoms with Crippen molar-refractivity contribution in [2.75, 3.05) is 5.32 Å². The van der Waals surface area contributed by atoms with Crippen molar-refractivity contribution < 1.29 is 4.79 Å². The van der Waals surface area contributed by atoms with E-state index in [-0.39, 0.29) is 11.8 Å². The summed E-state index contributed by atoms with van der Waals surface area (Å²) in [5.41, 5.74) is 2.08. The lowest BCUT2D eigenvalue weighted by Crippen LogP contribution is -2.08. The molecule has 12 heavy (non-hydrogen) atoms. The number of amides is 1. The third-order valence-corrected chi connectivity index (χ3v) is 2.80. The van der Waals surface area contributed by atoms with Gasteiger partial charge in [0.05, 0.1) is 5.92 Å². The summed E-state index contributed by atoms with van der Waals surface area (Å²) < 4.78 is 1.18. The number of hydrogen-bond donors (Lipinski definition) is 1. The van der Waals surface area contributed by atoms with Gasteiger partial charge in [0.25, 0.3) is 0 Å². The van der Waals surface area contributed by atoms with Crippen LogP contribution in [0.5, 0.6) is 0 Å². The quantitative estimate of drug-likeness (QED) is 0.722. The van der Waals surface area contributed by atoms with Crippen LogP contribution < -0.4 is 5.32 Å². The molecule has 1 heterocycles. The summed E-state index contributed by atoms with van der Waals surface area (Å²) in [5.74, 6) is 0.113. The molecule has 0 bridgehead atoms. The minimum atomic E-state index is 0.00900. The normalized spacial score (nSPS) is 20.5. The van der Waals surface area contributed by atoms with E-state index >= 15 is 0 Å². The maximum Gasteiger partial charge on any atom is 0.231 e. The maximum atomic E-state index is 11.2. The lowest BCUT2D eigenvalue weighted by atomic mass is 10.0. The van der Waals surface area contributed by atoms with Crippen LogP contribution in [0.1, 0.15) is 18.4 Å². The topological polar surface area (TPSA) is 29.1 Å². The van der Waals surface area contributed by atoms with Crippen molar-refractivity contribution in [2.24, 2.45) is 0 Å². The van der Waals surface area contributed by atoms with Gasteiger partial charge in [-0.05, 0) is 53.3 Å². The second-order valence-corrected chi connectivity index (χ2v) is 4.19. The van der Waals surface area contributed by atoms with Crippen LogP contribution in [0.15, 0.2) is 18.2 Å². The monoisotopic (exact) mass is 273 g/mol. The van der Waals surface area contributed by atoms with Crippen LogP contribution >= 0.6 is 22.6 Å². The van der Waals surface area contributed by atoms with Crippen LogP contribution in [-0.4, -0.2) is 5.91 Å². The Bertz CT molecular complexity index is 348. The molecule has 2 rings (SSSR count). The van der Waals surface area contributed by atoms with Gasteiger partial charge in [-0.2, -0.15) is 0 Å². The molecule has 1 atom stereocenters. The van der Waals surface area contributed by atoms with E-state index in [2.05, 4.69) is 34.0 Å². The van der Waals surface area contributed by atoms with E-state index in [0.717, 1.165) is 11.3 Å². The molecular formula is C9H8INO. The van der Waals surface area contributed by atoms with Crippen LogP contribution in [0.25, 0.3) is 0 Å². The minimum absolute atomic E-state index is 0.00900. The van der Waals surface area contributed by atoms with Gasteiger partial charge in [-0.25, -0.2) is 0 Å². The van der Waals surface area contributed by atoms with Gasteiger partial charge in [-0.1, -0.05) is 0 Å². The van der Waals surface area contributed by atoms with E-state index in [0.29, 0.717) is 0 Å². The minimum Gasteiger partial charge on any atom is -0.325 e. The number of benzene rings is 1. The first-order valence-corrected chi connectivity index (χ1v) is 4.86. The summed E-state index contributed by atoms with van der Waals surface area (Å²) in [6.45, 7) is 1.93. The standard InChI is InChI=1S/C9H8INO/c1-5-7-4-6(10)2-3-8(7)11-9(5)12/h2-5H,1H3,(H,11,12). The largest absolute Gasteiger partial charge is 0.325 e. The van der Waals surface area contributed by atoms with Gasteiger partial charge in [-0.3, -0.25) is 4.79 Å². The summed E-state index contributed by atoms with van der Waals surface area (Å²) in [4.78, 5) is 11.2. The molecular weight excluding hydrogens is 265 g/mol. The van der Waals surface area contributed by atoms with E-state index in [1.807, 2.05) is 19.1 Å². The molecule has 1 aliphatic rings. The molecule has 3 heteroatoms. The van der Waals surface area contributed by atoms with Gasteiger partial charge in [0.2, 0.25) is 5.91 Å². The van der Waals surface area contributed by atoms with Crippen molar-refractivity contribution in [3.63, 3.8) is 0 Å². The number of nitrogens with one attached hydrogen (secondary N) is 1. The lowest BCUT2D eigenvalue weighted by Gasteiger charge is -2.00. The summed E-state index contributed by atoms with van der Waals surface area (Å²) in [6.07, 6.45) is 0. The van der Waals surface area contributed by atoms with Gasteiger partial charge >= 0.3 is 0 Å². The SMILES string of the molecule is CC1C(=O)Nc2ccc(I)cc21. The van der Waals surface area contributed by atoms with Crippen molar-refractivity contribution in [3.05, 3.63) is 27.3 Å². The van der Waals surface area contributed by atoms with Gasteiger partial charge in [0.1, 0.15) is 0 Å². The first-order chi connectivity index (χ1) is 5.68. The number of carbonyl (C=O) groups is 1. The van der Waals surface area contributed by atoms with E-state index < -0.39 is 0 Å². The molecule has 1 N–H and O–H groups in total. The Balaban J connectivity index is 2.55. The molecule has 0 saturated heterocycles. The van der Waals surface area contributed by atoms with E-state index in [9.17, 15) is 4.79 Å². The molecule has 1 amide bonds. The molecule has 62 valence electrons. The Morgan fingerprint density at radius 2 is 2.25 bits per heavy atom. The Morgan fingerprint density at radius 1 is 1.50 bits per heavy atom. The number of halogens is 1. The fraction of sp³-hybridized carbons (Fsp3) is 0.222. The number of rotatable bonds is 0. The third kappa shape index (κ3) is 1.12. The van der Waals surface area contributed by atoms with Crippen LogP contribution in [0, 0.1) is 3.57 Å². The second-order valence-electron chi connectivity index (χ2n) is 2.94. The molecule has 1 aromatic rings. The summed E-state index contributed by atoms with van der Waals surface area (Å²) >= 11 is 2.25. The third-order valence-electron chi connectivity index (χ3n) is 2.13. The molecule has 0 fully saturated rings. The molecule has 1 aromatic carbocycles. The highest BCUT2D eigenvalue weighted by atomic mass is 127. The van der Waals surface area contributed by atoms with Crippen molar-refractivity contribution >= 4 is 34.2 Å². The zero-order valence-corrected chi connectivity index (χ0v) is 8.75. The first-order valence-electron chi connectivity index (χ1n) is 3.79. The molecule has 0 aromatic heterocycles. The number of fused-ring (bicyclic) bond motifs is 1. The molecule has 1 aliphatic heterocycles. The van der Waals surface area contributed by atoms with Crippen molar-refractivity contribution in [2.45, 2.75) is 12.8 Å². The lowest BCUT2D eigenvalue weighted by molar-refractivity contribution is -0.116. The van der Waals surface area contributed by atoms with Crippen molar-refractivity contribution in [1.29, 1.82) is 0 Å². The zero-order chi connectivity index (χ0) is 8.72. The van der Waals surface area contributed by atoms with E-state index in [1.165, 1.54) is 3.57 Å². The van der Waals surface area contributed by atoms with Crippen LogP contribution in [0.2, 0.25) is 0 Å². The average molecular weight is 273 g/mol. The van der Waals surface area contributed by atoms with Gasteiger partial charge in [-0.15, -0.1) is 0 Å². The molecule has 0 saturated carbocycles. The summed E-state index contributed by atoms with van der Waals surface area (Å²) in [5, 5.41) is 2.83. The first kappa shape index (κ1) is 8.04. The van der Waals surface area contributed by atoms with Gasteiger partial charge in [0, 0.05) is 9.26 Å². The second kappa shape index (κ2) is 2.73. The summed E-state index contributed by atoms with van der Waals surface area (Å²) in [6, 6.07) is 6.01. The van der Waals surface area contributed by atoms with Gasteiger partial charge < -0.3 is 5.32 Å². The number of hydrogen-bond acceptors (Lipinski definition) is 1.